The molecular formula is C24H28FN7O4. The van der Waals surface area contributed by atoms with Crippen LogP contribution in [-0.2, 0) is 19.1 Å². The van der Waals surface area contributed by atoms with Gasteiger partial charge in [0.2, 0.25) is 18.1 Å². The lowest BCUT2D eigenvalue weighted by Crippen LogP contribution is -2.52. The van der Waals surface area contributed by atoms with E-state index in [0.29, 0.717) is 34.4 Å². The lowest BCUT2D eigenvalue weighted by atomic mass is 9.82. The first kappa shape index (κ1) is 25.4. The smallest absolute Gasteiger partial charge is 0.223 e. The standard InChI is InChI=1S/C24H28FN7O4/c1-13(33)20(27)24(2)11-35-22(36-12-24)21-31-18(14-3-5-15(25)6-4-14)19(32-21)16-7-9-28-23(30-16)29-10-8-17(26)34/h3-7,9,20,22H,8,10-12,27H2,1-2H3,(H2,26,34)(H,31,32)(H,28,29,30). The molecule has 3 heterocycles. The van der Waals surface area contributed by atoms with Crippen molar-refractivity contribution in [3.63, 3.8) is 0 Å². The molecule has 1 saturated heterocycles. The SMILES string of the molecule is CC(=O)C(N)C1(C)COC(c2nc(-c3ccc(F)cc3)c(-c3ccnc(NCCC(N)=O)n3)[nH]2)OC1. The van der Waals surface area contributed by atoms with Crippen LogP contribution in [0.3, 0.4) is 0 Å². The van der Waals surface area contributed by atoms with Crippen molar-refractivity contribution in [2.45, 2.75) is 32.6 Å². The monoisotopic (exact) mass is 497 g/mol. The third-order valence-electron chi connectivity index (χ3n) is 5.95. The Balaban J connectivity index is 1.64. The Kier molecular flexibility index (Phi) is 7.38. The van der Waals surface area contributed by atoms with Crippen LogP contribution in [0.25, 0.3) is 22.6 Å². The number of halogens is 1. The van der Waals surface area contributed by atoms with Crippen molar-refractivity contribution in [1.82, 2.24) is 19.9 Å². The van der Waals surface area contributed by atoms with Crippen LogP contribution in [0.2, 0.25) is 0 Å². The van der Waals surface area contributed by atoms with Crippen LogP contribution in [-0.4, -0.2) is 57.4 Å². The van der Waals surface area contributed by atoms with Gasteiger partial charge >= 0.3 is 0 Å². The molecule has 1 fully saturated rings. The summed E-state index contributed by atoms with van der Waals surface area (Å²) in [7, 11) is 0. The number of carbonyl (C=O) groups is 2. The summed E-state index contributed by atoms with van der Waals surface area (Å²) in [6.45, 7) is 3.95. The summed E-state index contributed by atoms with van der Waals surface area (Å²) in [4.78, 5) is 39.4. The molecule has 0 radical (unpaired) electrons. The van der Waals surface area contributed by atoms with Crippen molar-refractivity contribution in [2.24, 2.45) is 16.9 Å². The number of nitrogens with one attached hydrogen (secondary N) is 2. The number of H-pyrrole nitrogens is 1. The fraction of sp³-hybridized carbons (Fsp3) is 0.375. The molecule has 36 heavy (non-hydrogen) atoms. The number of amides is 1. The normalized spacial score (nSPS) is 20.6. The number of carbonyl (C=O) groups excluding carboxylic acids is 2. The molecule has 1 unspecified atom stereocenters. The number of ketones is 1. The van der Waals surface area contributed by atoms with E-state index in [1.807, 2.05) is 6.92 Å². The molecule has 11 nitrogen and oxygen atoms in total. The average Bonchev–Trinajstić information content (AvgIpc) is 3.30. The van der Waals surface area contributed by atoms with Gasteiger partial charge < -0.3 is 31.2 Å². The lowest BCUT2D eigenvalue weighted by Gasteiger charge is -2.39. The van der Waals surface area contributed by atoms with Crippen LogP contribution in [0.1, 0.15) is 32.4 Å². The third-order valence-corrected chi connectivity index (χ3v) is 5.95. The molecule has 1 amide bonds. The Morgan fingerprint density at radius 3 is 2.56 bits per heavy atom. The van der Waals surface area contributed by atoms with Gasteiger partial charge in [0.25, 0.3) is 0 Å². The fourth-order valence-corrected chi connectivity index (χ4v) is 3.84. The minimum atomic E-state index is -0.833. The topological polar surface area (TPSA) is 171 Å². The minimum absolute atomic E-state index is 0.130. The maximum absolute atomic E-state index is 13.6. The summed E-state index contributed by atoms with van der Waals surface area (Å²) in [5, 5.41) is 2.96. The molecule has 1 aliphatic heterocycles. The molecule has 0 aliphatic carbocycles. The highest BCUT2D eigenvalue weighted by molar-refractivity contribution is 5.82. The molecule has 1 aromatic carbocycles. The van der Waals surface area contributed by atoms with Crippen LogP contribution in [0.15, 0.2) is 36.5 Å². The Bertz CT molecular complexity index is 1240. The molecule has 1 atom stereocenters. The van der Waals surface area contributed by atoms with Gasteiger partial charge in [-0.3, -0.25) is 9.59 Å². The van der Waals surface area contributed by atoms with Gasteiger partial charge in [0.1, 0.15) is 11.6 Å². The maximum Gasteiger partial charge on any atom is 0.223 e. The van der Waals surface area contributed by atoms with E-state index in [1.54, 1.807) is 24.4 Å². The quantitative estimate of drug-likeness (QED) is 0.345. The summed E-state index contributed by atoms with van der Waals surface area (Å²) < 4.78 is 25.4. The fourth-order valence-electron chi connectivity index (χ4n) is 3.84. The Hall–Kier alpha value is -3.74. The zero-order valence-electron chi connectivity index (χ0n) is 20.0. The lowest BCUT2D eigenvalue weighted by molar-refractivity contribution is -0.236. The van der Waals surface area contributed by atoms with E-state index >= 15 is 0 Å². The number of primary amides is 1. The summed E-state index contributed by atoms with van der Waals surface area (Å²) in [6, 6.07) is 6.87. The number of hydrogen-bond acceptors (Lipinski definition) is 9. The number of anilines is 1. The Morgan fingerprint density at radius 2 is 1.92 bits per heavy atom. The first-order chi connectivity index (χ1) is 17.2. The predicted molar refractivity (Wildman–Crippen MR) is 129 cm³/mol. The highest BCUT2D eigenvalue weighted by Gasteiger charge is 2.41. The van der Waals surface area contributed by atoms with Crippen LogP contribution in [0, 0.1) is 11.2 Å². The molecule has 0 bridgehead atoms. The Labute approximate surface area is 206 Å². The molecule has 190 valence electrons. The molecular weight excluding hydrogens is 469 g/mol. The largest absolute Gasteiger partial charge is 0.370 e. The van der Waals surface area contributed by atoms with Crippen LogP contribution in [0.4, 0.5) is 10.3 Å². The number of aromatic amines is 1. The van der Waals surface area contributed by atoms with Crippen molar-refractivity contribution < 1.29 is 23.5 Å². The number of hydrogen-bond donors (Lipinski definition) is 4. The first-order valence-electron chi connectivity index (χ1n) is 11.4. The molecule has 12 heteroatoms. The number of benzene rings is 1. The molecule has 4 rings (SSSR count). The van der Waals surface area contributed by atoms with Crippen LogP contribution in [0.5, 0.6) is 0 Å². The number of nitrogens with zero attached hydrogens (tertiary/aromatic N) is 3. The van der Waals surface area contributed by atoms with Crippen molar-refractivity contribution >= 4 is 17.6 Å². The van der Waals surface area contributed by atoms with Crippen molar-refractivity contribution in [3.8, 4) is 22.6 Å². The molecule has 2 aromatic heterocycles. The zero-order valence-corrected chi connectivity index (χ0v) is 20.0. The number of rotatable bonds is 9. The second-order valence-electron chi connectivity index (χ2n) is 8.96. The minimum Gasteiger partial charge on any atom is -0.370 e. The zero-order chi connectivity index (χ0) is 25.9. The summed E-state index contributed by atoms with van der Waals surface area (Å²) in [6.07, 6.45) is 0.859. The van der Waals surface area contributed by atoms with E-state index in [-0.39, 0.29) is 37.8 Å². The van der Waals surface area contributed by atoms with E-state index in [4.69, 9.17) is 20.9 Å². The second-order valence-corrected chi connectivity index (χ2v) is 8.96. The maximum atomic E-state index is 13.6. The van der Waals surface area contributed by atoms with E-state index in [1.165, 1.54) is 19.1 Å². The summed E-state index contributed by atoms with van der Waals surface area (Å²) in [5.41, 5.74) is 12.8. The van der Waals surface area contributed by atoms with Gasteiger partial charge in [-0.05, 0) is 37.3 Å². The van der Waals surface area contributed by atoms with Crippen LogP contribution >= 0.6 is 0 Å². The van der Waals surface area contributed by atoms with Crippen molar-refractivity contribution in [1.29, 1.82) is 0 Å². The van der Waals surface area contributed by atoms with Gasteiger partial charge in [-0.25, -0.2) is 19.3 Å². The van der Waals surface area contributed by atoms with Gasteiger partial charge in [-0.2, -0.15) is 0 Å². The average molecular weight is 498 g/mol. The summed E-state index contributed by atoms with van der Waals surface area (Å²) >= 11 is 0. The number of ether oxygens (including phenoxy) is 2. The van der Waals surface area contributed by atoms with Gasteiger partial charge in [0, 0.05) is 30.1 Å². The van der Waals surface area contributed by atoms with E-state index in [9.17, 15) is 14.0 Å². The number of imidazole rings is 1. The highest BCUT2D eigenvalue weighted by Crippen LogP contribution is 2.36. The number of nitrogens with two attached hydrogens (primary N) is 2. The van der Waals surface area contributed by atoms with E-state index in [0.717, 1.165) is 0 Å². The van der Waals surface area contributed by atoms with Gasteiger partial charge in [-0.1, -0.05) is 6.92 Å². The molecule has 6 N–H and O–H groups in total. The van der Waals surface area contributed by atoms with Crippen molar-refractivity contribution in [3.05, 3.63) is 48.2 Å². The van der Waals surface area contributed by atoms with Crippen LogP contribution < -0.4 is 16.8 Å². The number of Topliss-reactive ketones (excluding diaryl/α,β-unsaturated/α-hetero) is 1. The second kappa shape index (κ2) is 10.5. The van der Waals surface area contributed by atoms with Gasteiger partial charge in [-0.15, -0.1) is 0 Å². The number of aromatic nitrogens is 4. The molecule has 0 spiro atoms. The molecule has 0 saturated carbocycles. The van der Waals surface area contributed by atoms with E-state index < -0.39 is 23.7 Å². The Morgan fingerprint density at radius 1 is 1.22 bits per heavy atom. The first-order valence-corrected chi connectivity index (χ1v) is 11.4. The molecule has 3 aromatic rings. The highest BCUT2D eigenvalue weighted by atomic mass is 19.1. The van der Waals surface area contributed by atoms with Gasteiger partial charge in [0.15, 0.2) is 5.82 Å². The predicted octanol–water partition coefficient (Wildman–Crippen LogP) is 1.93. The molecule has 1 aliphatic rings. The summed E-state index contributed by atoms with van der Waals surface area (Å²) in [5.74, 6) is -0.285. The van der Waals surface area contributed by atoms with Gasteiger partial charge in [0.05, 0.1) is 36.3 Å². The van der Waals surface area contributed by atoms with E-state index in [2.05, 4.69) is 25.3 Å². The third kappa shape index (κ3) is 5.56. The van der Waals surface area contributed by atoms with Crippen molar-refractivity contribution in [2.75, 3.05) is 25.1 Å².